The predicted octanol–water partition coefficient (Wildman–Crippen LogP) is 4.19. The van der Waals surface area contributed by atoms with Gasteiger partial charge in [0.1, 0.15) is 5.75 Å². The summed E-state index contributed by atoms with van der Waals surface area (Å²) in [5, 5.41) is 3.02. The number of carbonyl (C=O) groups is 1. The molecule has 170 valence electrons. The van der Waals surface area contributed by atoms with Crippen LogP contribution in [0.2, 0.25) is 0 Å². The number of anilines is 1. The van der Waals surface area contributed by atoms with Gasteiger partial charge >= 0.3 is 0 Å². The van der Waals surface area contributed by atoms with Crippen LogP contribution < -0.4 is 15.0 Å². The van der Waals surface area contributed by atoms with Crippen LogP contribution in [-0.2, 0) is 6.42 Å². The Hall–Kier alpha value is -1.95. The maximum Gasteiger partial charge on any atom is 0.251 e. The minimum Gasteiger partial charge on any atom is -0.497 e. The molecular formula is C24H33Cl2N3O2. The van der Waals surface area contributed by atoms with Crippen molar-refractivity contribution < 1.29 is 9.53 Å². The van der Waals surface area contributed by atoms with Crippen molar-refractivity contribution in [1.29, 1.82) is 0 Å². The first kappa shape index (κ1) is 25.3. The van der Waals surface area contributed by atoms with Gasteiger partial charge in [0.15, 0.2) is 0 Å². The molecule has 1 amide bonds. The molecule has 0 bridgehead atoms. The van der Waals surface area contributed by atoms with Gasteiger partial charge in [-0.1, -0.05) is 18.2 Å². The average molecular weight is 466 g/mol. The lowest BCUT2D eigenvalue weighted by Crippen LogP contribution is -2.55. The number of halogens is 2. The average Bonchev–Trinajstić information content (AvgIpc) is 2.78. The van der Waals surface area contributed by atoms with E-state index >= 15 is 0 Å². The molecule has 1 saturated heterocycles. The number of rotatable bonds is 7. The zero-order valence-electron chi connectivity index (χ0n) is 18.1. The highest BCUT2D eigenvalue weighted by Gasteiger charge is 2.30. The van der Waals surface area contributed by atoms with Gasteiger partial charge < -0.3 is 15.0 Å². The number of benzene rings is 2. The molecule has 31 heavy (non-hydrogen) atoms. The minimum atomic E-state index is -0.0119. The summed E-state index contributed by atoms with van der Waals surface area (Å²) in [6, 6.07) is 16.8. The Bertz CT molecular complexity index is 832. The molecule has 2 aromatic carbocycles. The van der Waals surface area contributed by atoms with Crippen LogP contribution in [0.15, 0.2) is 48.5 Å². The lowest BCUT2D eigenvalue weighted by molar-refractivity contribution is 0.0952. The molecule has 2 aliphatic heterocycles. The lowest BCUT2D eigenvalue weighted by atomic mass is 9.94. The van der Waals surface area contributed by atoms with Crippen LogP contribution in [0.3, 0.4) is 0 Å². The van der Waals surface area contributed by atoms with Crippen LogP contribution in [0.5, 0.6) is 5.75 Å². The van der Waals surface area contributed by atoms with E-state index in [2.05, 4.69) is 39.4 Å². The Morgan fingerprint density at radius 2 is 1.84 bits per heavy atom. The molecule has 2 heterocycles. The number of para-hydroxylation sites is 1. The summed E-state index contributed by atoms with van der Waals surface area (Å²) in [5.74, 6) is 0.755. The van der Waals surface area contributed by atoms with Gasteiger partial charge in [-0.15, -0.1) is 24.8 Å². The molecule has 5 nitrogen and oxygen atoms in total. The molecule has 0 radical (unpaired) electrons. The number of hydrogen-bond acceptors (Lipinski definition) is 4. The van der Waals surface area contributed by atoms with E-state index in [0.717, 1.165) is 51.3 Å². The first-order valence-electron chi connectivity index (χ1n) is 10.7. The summed E-state index contributed by atoms with van der Waals surface area (Å²) in [6.45, 7) is 5.25. The van der Waals surface area contributed by atoms with Gasteiger partial charge in [-0.05, 0) is 68.1 Å². The van der Waals surface area contributed by atoms with Crippen LogP contribution in [0.25, 0.3) is 0 Å². The Morgan fingerprint density at radius 3 is 2.61 bits per heavy atom. The number of hydrogen-bond donors (Lipinski definition) is 1. The van der Waals surface area contributed by atoms with Crippen LogP contribution in [0.1, 0.15) is 35.2 Å². The summed E-state index contributed by atoms with van der Waals surface area (Å²) in [6.07, 6.45) is 4.58. The van der Waals surface area contributed by atoms with E-state index in [0.29, 0.717) is 11.6 Å². The number of aryl methyl sites for hydroxylation is 1. The zero-order valence-corrected chi connectivity index (χ0v) is 19.7. The lowest BCUT2D eigenvalue weighted by Gasteiger charge is -2.46. The van der Waals surface area contributed by atoms with Crippen molar-refractivity contribution in [2.24, 2.45) is 0 Å². The van der Waals surface area contributed by atoms with Crippen molar-refractivity contribution >= 4 is 36.4 Å². The molecule has 1 unspecified atom stereocenters. The van der Waals surface area contributed by atoms with Crippen LogP contribution >= 0.6 is 24.8 Å². The number of piperazine rings is 1. The van der Waals surface area contributed by atoms with Gasteiger partial charge in [-0.25, -0.2) is 0 Å². The molecule has 4 rings (SSSR count). The normalized spacial score (nSPS) is 17.5. The van der Waals surface area contributed by atoms with Crippen molar-refractivity contribution in [3.8, 4) is 5.75 Å². The number of methoxy groups -OCH3 is 1. The molecule has 0 spiro atoms. The highest BCUT2D eigenvalue weighted by molar-refractivity contribution is 5.94. The highest BCUT2D eigenvalue weighted by Crippen LogP contribution is 2.32. The second kappa shape index (κ2) is 12.2. The number of ether oxygens (including phenoxy) is 1. The quantitative estimate of drug-likeness (QED) is 0.622. The first-order valence-corrected chi connectivity index (χ1v) is 10.7. The van der Waals surface area contributed by atoms with Gasteiger partial charge in [-0.3, -0.25) is 9.69 Å². The van der Waals surface area contributed by atoms with Crippen LogP contribution in [-0.4, -0.2) is 56.7 Å². The summed E-state index contributed by atoms with van der Waals surface area (Å²) in [7, 11) is 1.63. The van der Waals surface area contributed by atoms with Gasteiger partial charge in [0.25, 0.3) is 5.91 Å². The number of unbranched alkanes of at least 4 members (excludes halogenated alkanes) is 1. The van der Waals surface area contributed by atoms with E-state index in [1.54, 1.807) is 19.2 Å². The summed E-state index contributed by atoms with van der Waals surface area (Å²) in [5.41, 5.74) is 3.63. The van der Waals surface area contributed by atoms with Gasteiger partial charge in [0.05, 0.1) is 7.11 Å². The molecule has 0 aromatic heterocycles. The fourth-order valence-electron chi connectivity index (χ4n) is 4.52. The summed E-state index contributed by atoms with van der Waals surface area (Å²) >= 11 is 0. The smallest absolute Gasteiger partial charge is 0.251 e. The second-order valence-corrected chi connectivity index (χ2v) is 8.01. The highest BCUT2D eigenvalue weighted by atomic mass is 35.5. The number of fused-ring (bicyclic) bond motifs is 3. The van der Waals surface area contributed by atoms with E-state index in [9.17, 15) is 4.79 Å². The standard InChI is InChI=1S/C24H31N3O2.2ClH/c1-29-22-12-9-20(10-13-22)24(28)25-14-4-5-15-26-16-17-27-21(18-26)11-8-19-6-2-3-7-23(19)27;;/h2-3,6-7,9-10,12-13,21H,4-5,8,11,14-18H2,1H3,(H,25,28);2*1H. The third-order valence-electron chi connectivity index (χ3n) is 6.15. The van der Waals surface area contributed by atoms with Crippen molar-refractivity contribution in [3.05, 3.63) is 59.7 Å². The Labute approximate surface area is 198 Å². The fraction of sp³-hybridized carbons (Fsp3) is 0.458. The number of nitrogens with one attached hydrogen (secondary N) is 1. The monoisotopic (exact) mass is 465 g/mol. The van der Waals surface area contributed by atoms with Gasteiger partial charge in [0, 0.05) is 43.5 Å². The molecule has 0 saturated carbocycles. The molecule has 1 N–H and O–H groups in total. The fourth-order valence-corrected chi connectivity index (χ4v) is 4.52. The maximum atomic E-state index is 12.2. The largest absolute Gasteiger partial charge is 0.497 e. The van der Waals surface area contributed by atoms with Crippen LogP contribution in [0.4, 0.5) is 5.69 Å². The van der Waals surface area contributed by atoms with Crippen LogP contribution in [0, 0.1) is 0 Å². The van der Waals surface area contributed by atoms with E-state index in [-0.39, 0.29) is 30.7 Å². The van der Waals surface area contributed by atoms with Gasteiger partial charge in [-0.2, -0.15) is 0 Å². The Kier molecular flexibility index (Phi) is 9.94. The number of carbonyl (C=O) groups excluding carboxylic acids is 1. The maximum absolute atomic E-state index is 12.2. The second-order valence-electron chi connectivity index (χ2n) is 8.01. The topological polar surface area (TPSA) is 44.8 Å². The Balaban J connectivity index is 0.00000171. The minimum absolute atomic E-state index is 0. The van der Waals surface area contributed by atoms with Crippen molar-refractivity contribution in [1.82, 2.24) is 10.2 Å². The molecule has 1 fully saturated rings. The third-order valence-corrected chi connectivity index (χ3v) is 6.15. The van der Waals surface area contributed by atoms with Gasteiger partial charge in [0.2, 0.25) is 0 Å². The van der Waals surface area contributed by atoms with Crippen molar-refractivity contribution in [2.45, 2.75) is 31.7 Å². The molecule has 2 aliphatic rings. The van der Waals surface area contributed by atoms with E-state index in [4.69, 9.17) is 4.74 Å². The van der Waals surface area contributed by atoms with E-state index in [1.807, 2.05) is 12.1 Å². The number of amides is 1. The van der Waals surface area contributed by atoms with Crippen molar-refractivity contribution in [3.63, 3.8) is 0 Å². The summed E-state index contributed by atoms with van der Waals surface area (Å²) in [4.78, 5) is 17.4. The number of nitrogens with zero attached hydrogens (tertiary/aromatic N) is 2. The SMILES string of the molecule is COc1ccc(C(=O)NCCCCN2CCN3c4ccccc4CCC3C2)cc1.Cl.Cl. The zero-order chi connectivity index (χ0) is 20.1. The molecule has 2 aromatic rings. The summed E-state index contributed by atoms with van der Waals surface area (Å²) < 4.78 is 5.13. The molecule has 7 heteroatoms. The van der Waals surface area contributed by atoms with E-state index < -0.39 is 0 Å². The predicted molar refractivity (Wildman–Crippen MR) is 131 cm³/mol. The Morgan fingerprint density at radius 1 is 1.06 bits per heavy atom. The first-order chi connectivity index (χ1) is 14.2. The molecule has 1 atom stereocenters. The molecular weight excluding hydrogens is 433 g/mol. The van der Waals surface area contributed by atoms with E-state index in [1.165, 1.54) is 24.1 Å². The molecule has 0 aliphatic carbocycles. The third kappa shape index (κ3) is 6.28. The van der Waals surface area contributed by atoms with Crippen molar-refractivity contribution in [2.75, 3.05) is 44.7 Å².